The largest absolute Gasteiger partial charge is 0.474 e. The number of hydrogen-bond donors (Lipinski definition) is 1. The maximum Gasteiger partial charge on any atom is 0.233 e. The van der Waals surface area contributed by atoms with Crippen molar-refractivity contribution in [1.82, 2.24) is 4.98 Å². The molecule has 0 saturated carbocycles. The Labute approximate surface area is 117 Å². The van der Waals surface area contributed by atoms with Crippen molar-refractivity contribution in [2.75, 3.05) is 6.61 Å². The SMILES string of the molecule is CC(C)(C)[C@H]1COC(c2cc3cc(Cl)ccc3[nH]2)=N1. The molecule has 4 heteroatoms. The highest BCUT2D eigenvalue weighted by molar-refractivity contribution is 6.31. The molecule has 0 saturated heterocycles. The van der Waals surface area contributed by atoms with Gasteiger partial charge in [-0.2, -0.15) is 0 Å². The van der Waals surface area contributed by atoms with E-state index in [1.807, 2.05) is 24.3 Å². The van der Waals surface area contributed by atoms with Gasteiger partial charge in [0.05, 0.1) is 6.04 Å². The van der Waals surface area contributed by atoms with Crippen LogP contribution in [0.4, 0.5) is 0 Å². The summed E-state index contributed by atoms with van der Waals surface area (Å²) in [6.45, 7) is 7.18. The number of rotatable bonds is 1. The van der Waals surface area contributed by atoms with Gasteiger partial charge < -0.3 is 9.72 Å². The predicted octanol–water partition coefficient (Wildman–Crippen LogP) is 4.01. The number of H-pyrrole nitrogens is 1. The van der Waals surface area contributed by atoms with Crippen LogP contribution in [0.3, 0.4) is 0 Å². The number of nitrogens with one attached hydrogen (secondary N) is 1. The summed E-state index contributed by atoms with van der Waals surface area (Å²) in [4.78, 5) is 8.00. The standard InChI is InChI=1S/C15H17ClN2O/c1-15(2,3)13-8-19-14(18-13)12-7-9-6-10(16)4-5-11(9)17-12/h4-7,13,17H,8H2,1-3H3/t13-/m1/s1. The molecule has 1 N–H and O–H groups in total. The third kappa shape index (κ3) is 2.35. The number of aromatic amines is 1. The Morgan fingerprint density at radius 3 is 2.79 bits per heavy atom. The van der Waals surface area contributed by atoms with Crippen molar-refractivity contribution in [3.8, 4) is 0 Å². The average molecular weight is 277 g/mol. The average Bonchev–Trinajstić information content (AvgIpc) is 2.92. The Hall–Kier alpha value is -1.48. The molecule has 3 nitrogen and oxygen atoms in total. The normalized spacial score (nSPS) is 19.6. The molecule has 0 unspecified atom stereocenters. The first-order chi connectivity index (χ1) is 8.93. The first-order valence-corrected chi connectivity index (χ1v) is 6.80. The van der Waals surface area contributed by atoms with Gasteiger partial charge in [0.2, 0.25) is 5.90 Å². The fourth-order valence-corrected chi connectivity index (χ4v) is 2.36. The fourth-order valence-electron chi connectivity index (χ4n) is 2.18. The number of halogens is 1. The van der Waals surface area contributed by atoms with Crippen LogP contribution >= 0.6 is 11.6 Å². The second-order valence-electron chi connectivity index (χ2n) is 6.04. The highest BCUT2D eigenvalue weighted by Crippen LogP contribution is 2.28. The van der Waals surface area contributed by atoms with Gasteiger partial charge in [-0.15, -0.1) is 0 Å². The molecule has 0 bridgehead atoms. The quantitative estimate of drug-likeness (QED) is 0.839. The molecular formula is C15H17ClN2O. The molecule has 3 rings (SSSR count). The maximum atomic E-state index is 6.00. The third-order valence-corrected chi connectivity index (χ3v) is 3.70. The van der Waals surface area contributed by atoms with Gasteiger partial charge in [0, 0.05) is 15.9 Å². The van der Waals surface area contributed by atoms with E-state index < -0.39 is 0 Å². The molecule has 1 aliphatic rings. The van der Waals surface area contributed by atoms with Gasteiger partial charge in [0.25, 0.3) is 0 Å². The molecule has 1 aliphatic heterocycles. The second kappa shape index (κ2) is 4.27. The molecule has 19 heavy (non-hydrogen) atoms. The minimum Gasteiger partial charge on any atom is -0.474 e. The van der Waals surface area contributed by atoms with Gasteiger partial charge in [-0.25, -0.2) is 4.99 Å². The fraction of sp³-hybridized carbons (Fsp3) is 0.400. The first kappa shape index (κ1) is 12.5. The molecule has 2 aromatic rings. The van der Waals surface area contributed by atoms with E-state index in [0.29, 0.717) is 12.5 Å². The summed E-state index contributed by atoms with van der Waals surface area (Å²) >= 11 is 6.00. The van der Waals surface area contributed by atoms with E-state index in [1.165, 1.54) is 0 Å². The van der Waals surface area contributed by atoms with Crippen molar-refractivity contribution in [2.45, 2.75) is 26.8 Å². The topological polar surface area (TPSA) is 37.4 Å². The number of hydrogen-bond acceptors (Lipinski definition) is 2. The van der Waals surface area contributed by atoms with Crippen molar-refractivity contribution in [3.63, 3.8) is 0 Å². The maximum absolute atomic E-state index is 6.00. The first-order valence-electron chi connectivity index (χ1n) is 6.43. The van der Waals surface area contributed by atoms with Gasteiger partial charge in [-0.3, -0.25) is 0 Å². The second-order valence-corrected chi connectivity index (χ2v) is 6.48. The van der Waals surface area contributed by atoms with E-state index in [2.05, 4.69) is 30.7 Å². The van der Waals surface area contributed by atoms with E-state index >= 15 is 0 Å². The van der Waals surface area contributed by atoms with Crippen molar-refractivity contribution in [2.24, 2.45) is 10.4 Å². The zero-order chi connectivity index (χ0) is 13.6. The van der Waals surface area contributed by atoms with Gasteiger partial charge in [0.15, 0.2) is 0 Å². The highest BCUT2D eigenvalue weighted by atomic mass is 35.5. The Morgan fingerprint density at radius 1 is 1.32 bits per heavy atom. The lowest BCUT2D eigenvalue weighted by Gasteiger charge is -2.21. The molecule has 100 valence electrons. The third-order valence-electron chi connectivity index (χ3n) is 3.46. The van der Waals surface area contributed by atoms with Gasteiger partial charge in [-0.05, 0) is 29.7 Å². The minimum absolute atomic E-state index is 0.122. The minimum atomic E-state index is 0.122. The summed E-state index contributed by atoms with van der Waals surface area (Å²) in [6, 6.07) is 8.02. The Kier molecular flexibility index (Phi) is 2.82. The van der Waals surface area contributed by atoms with Crippen LogP contribution in [0, 0.1) is 5.41 Å². The lowest BCUT2D eigenvalue weighted by atomic mass is 9.88. The lowest BCUT2D eigenvalue weighted by molar-refractivity contribution is 0.235. The Balaban J connectivity index is 1.97. The van der Waals surface area contributed by atoms with Gasteiger partial charge >= 0.3 is 0 Å². The van der Waals surface area contributed by atoms with E-state index in [0.717, 1.165) is 21.6 Å². The summed E-state index contributed by atoms with van der Waals surface area (Å²) in [5.41, 5.74) is 2.09. The van der Waals surface area contributed by atoms with Crippen LogP contribution in [0.1, 0.15) is 26.5 Å². The van der Waals surface area contributed by atoms with E-state index in [1.54, 1.807) is 0 Å². The lowest BCUT2D eigenvalue weighted by Crippen LogP contribution is -2.25. The van der Waals surface area contributed by atoms with Crippen LogP contribution in [0.2, 0.25) is 5.02 Å². The summed E-state index contributed by atoms with van der Waals surface area (Å²) in [5, 5.41) is 1.81. The molecule has 1 aromatic heterocycles. The number of aromatic nitrogens is 1. The zero-order valence-electron chi connectivity index (χ0n) is 11.3. The Morgan fingerprint density at radius 2 is 2.11 bits per heavy atom. The monoisotopic (exact) mass is 276 g/mol. The summed E-state index contributed by atoms with van der Waals surface area (Å²) in [7, 11) is 0. The summed E-state index contributed by atoms with van der Waals surface area (Å²) in [6.07, 6.45) is 0. The molecule has 1 aromatic carbocycles. The number of nitrogens with zero attached hydrogens (tertiary/aromatic N) is 1. The highest BCUT2D eigenvalue weighted by Gasteiger charge is 2.31. The number of benzene rings is 1. The van der Waals surface area contributed by atoms with E-state index in [-0.39, 0.29) is 11.5 Å². The molecular weight excluding hydrogens is 260 g/mol. The molecule has 0 fully saturated rings. The molecule has 1 atom stereocenters. The number of fused-ring (bicyclic) bond motifs is 1. The molecule has 0 aliphatic carbocycles. The van der Waals surface area contributed by atoms with Gasteiger partial charge in [-0.1, -0.05) is 32.4 Å². The Bertz CT molecular complexity index is 652. The smallest absolute Gasteiger partial charge is 0.233 e. The van der Waals surface area contributed by atoms with Gasteiger partial charge in [0.1, 0.15) is 12.3 Å². The molecule has 0 spiro atoms. The van der Waals surface area contributed by atoms with Crippen molar-refractivity contribution in [1.29, 1.82) is 0 Å². The van der Waals surface area contributed by atoms with Crippen molar-refractivity contribution in [3.05, 3.63) is 35.0 Å². The summed E-state index contributed by atoms with van der Waals surface area (Å²) < 4.78 is 5.72. The molecule has 0 amide bonds. The van der Waals surface area contributed by atoms with Crippen molar-refractivity contribution < 1.29 is 4.74 Å². The van der Waals surface area contributed by atoms with Crippen LogP contribution in [0.5, 0.6) is 0 Å². The van der Waals surface area contributed by atoms with Crippen molar-refractivity contribution >= 4 is 28.4 Å². The predicted molar refractivity (Wildman–Crippen MR) is 79.0 cm³/mol. The number of aliphatic imine (C=N–C) groups is 1. The summed E-state index contributed by atoms with van der Waals surface area (Å²) in [5.74, 6) is 0.701. The van der Waals surface area contributed by atoms with Crippen LogP contribution in [-0.2, 0) is 4.74 Å². The van der Waals surface area contributed by atoms with Crippen LogP contribution < -0.4 is 0 Å². The zero-order valence-corrected chi connectivity index (χ0v) is 12.1. The van der Waals surface area contributed by atoms with Crippen LogP contribution in [-0.4, -0.2) is 23.5 Å². The van der Waals surface area contributed by atoms with Crippen LogP contribution in [0.15, 0.2) is 29.3 Å². The number of ether oxygens (including phenoxy) is 1. The molecule has 0 radical (unpaired) electrons. The van der Waals surface area contributed by atoms with E-state index in [9.17, 15) is 0 Å². The van der Waals surface area contributed by atoms with Crippen LogP contribution in [0.25, 0.3) is 10.9 Å². The molecule has 2 heterocycles. The van der Waals surface area contributed by atoms with E-state index in [4.69, 9.17) is 16.3 Å².